The summed E-state index contributed by atoms with van der Waals surface area (Å²) in [5, 5.41) is 0. The van der Waals surface area contributed by atoms with Gasteiger partial charge in [-0.15, -0.1) is 0 Å². The van der Waals surface area contributed by atoms with Gasteiger partial charge >= 0.3 is 5.97 Å². The van der Waals surface area contributed by atoms with E-state index in [1.54, 1.807) is 6.26 Å². The molecule has 2 aliphatic rings. The van der Waals surface area contributed by atoms with Crippen LogP contribution in [0.5, 0.6) is 0 Å². The molecule has 0 amide bonds. The molecule has 1 heterocycles. The highest BCUT2D eigenvalue weighted by Gasteiger charge is 2.45. The Hall–Kier alpha value is -1.51. The Morgan fingerprint density at radius 1 is 1.44 bits per heavy atom. The number of fused-ring (bicyclic) bond motifs is 3. The SMILES string of the molecule is COC(=O)[C@H]1CC[C@H]2C(C)=CCc3ccoc3[C@H]12. The average Bonchev–Trinajstić information content (AvgIpc) is 2.98. The van der Waals surface area contributed by atoms with Gasteiger partial charge < -0.3 is 9.15 Å². The highest BCUT2D eigenvalue weighted by Crippen LogP contribution is 2.50. The van der Waals surface area contributed by atoms with Crippen LogP contribution in [0.2, 0.25) is 0 Å². The molecule has 18 heavy (non-hydrogen) atoms. The van der Waals surface area contributed by atoms with Crippen molar-refractivity contribution >= 4 is 5.97 Å². The van der Waals surface area contributed by atoms with Gasteiger partial charge in [-0.2, -0.15) is 0 Å². The summed E-state index contributed by atoms with van der Waals surface area (Å²) in [5.41, 5.74) is 2.61. The third-order valence-electron chi connectivity index (χ3n) is 4.47. The molecule has 1 fully saturated rings. The lowest BCUT2D eigenvalue weighted by Crippen LogP contribution is -2.22. The fraction of sp³-hybridized carbons (Fsp3) is 0.533. The van der Waals surface area contributed by atoms with Gasteiger partial charge in [-0.3, -0.25) is 4.79 Å². The van der Waals surface area contributed by atoms with Gasteiger partial charge in [-0.25, -0.2) is 0 Å². The molecule has 0 bridgehead atoms. The number of rotatable bonds is 1. The second-order valence-electron chi connectivity index (χ2n) is 5.30. The highest BCUT2D eigenvalue weighted by molar-refractivity contribution is 5.74. The van der Waals surface area contributed by atoms with Crippen molar-refractivity contribution in [2.75, 3.05) is 7.11 Å². The van der Waals surface area contributed by atoms with Crippen molar-refractivity contribution in [1.29, 1.82) is 0 Å². The Kier molecular flexibility index (Phi) is 2.77. The number of methoxy groups -OCH3 is 1. The zero-order valence-electron chi connectivity index (χ0n) is 10.8. The number of hydrogen-bond acceptors (Lipinski definition) is 3. The van der Waals surface area contributed by atoms with Crippen LogP contribution in [0.25, 0.3) is 0 Å². The third kappa shape index (κ3) is 1.61. The van der Waals surface area contributed by atoms with Crippen molar-refractivity contribution in [3.05, 3.63) is 35.3 Å². The summed E-state index contributed by atoms with van der Waals surface area (Å²) < 4.78 is 10.6. The lowest BCUT2D eigenvalue weighted by molar-refractivity contribution is -0.146. The van der Waals surface area contributed by atoms with Crippen molar-refractivity contribution in [1.82, 2.24) is 0 Å². The number of carbonyl (C=O) groups excluding carboxylic acids is 1. The van der Waals surface area contributed by atoms with E-state index < -0.39 is 0 Å². The molecule has 0 aromatic carbocycles. The van der Waals surface area contributed by atoms with Gasteiger partial charge in [0.25, 0.3) is 0 Å². The van der Waals surface area contributed by atoms with Gasteiger partial charge in [0.2, 0.25) is 0 Å². The molecule has 96 valence electrons. The van der Waals surface area contributed by atoms with E-state index >= 15 is 0 Å². The first-order valence-corrected chi connectivity index (χ1v) is 6.53. The number of esters is 1. The van der Waals surface area contributed by atoms with Gasteiger partial charge in [-0.05, 0) is 43.7 Å². The number of ether oxygens (including phenoxy) is 1. The number of allylic oxidation sites excluding steroid dienone is 2. The molecule has 3 nitrogen and oxygen atoms in total. The summed E-state index contributed by atoms with van der Waals surface area (Å²) in [6.45, 7) is 2.17. The van der Waals surface area contributed by atoms with Crippen LogP contribution in [0.15, 0.2) is 28.4 Å². The second kappa shape index (κ2) is 4.30. The monoisotopic (exact) mass is 246 g/mol. The Labute approximate surface area is 107 Å². The number of carbonyl (C=O) groups is 1. The summed E-state index contributed by atoms with van der Waals surface area (Å²) >= 11 is 0. The van der Waals surface area contributed by atoms with Crippen molar-refractivity contribution in [2.24, 2.45) is 11.8 Å². The minimum Gasteiger partial charge on any atom is -0.469 e. The van der Waals surface area contributed by atoms with Crippen LogP contribution in [0, 0.1) is 11.8 Å². The van der Waals surface area contributed by atoms with Crippen LogP contribution in [-0.4, -0.2) is 13.1 Å². The molecule has 1 saturated carbocycles. The molecule has 3 heteroatoms. The summed E-state index contributed by atoms with van der Waals surface area (Å²) in [6.07, 6.45) is 6.88. The number of furan rings is 1. The van der Waals surface area contributed by atoms with E-state index in [2.05, 4.69) is 13.0 Å². The fourth-order valence-electron chi connectivity index (χ4n) is 3.52. The van der Waals surface area contributed by atoms with Crippen LogP contribution in [0.1, 0.15) is 37.0 Å². The first-order chi connectivity index (χ1) is 8.72. The standard InChI is InChI=1S/C15H18O3/c1-9-3-4-10-7-8-18-14(10)13-11(9)5-6-12(13)15(16)17-2/h3,7-8,11-13H,4-6H2,1-2H3/t11-,12-,13-/m0/s1. The zero-order chi connectivity index (χ0) is 12.7. The Morgan fingerprint density at radius 2 is 2.28 bits per heavy atom. The van der Waals surface area contributed by atoms with Crippen molar-refractivity contribution in [3.63, 3.8) is 0 Å². The molecule has 0 unspecified atom stereocenters. The van der Waals surface area contributed by atoms with Crippen molar-refractivity contribution in [2.45, 2.75) is 32.1 Å². The predicted molar refractivity (Wildman–Crippen MR) is 67.1 cm³/mol. The topological polar surface area (TPSA) is 39.4 Å². The normalized spacial score (nSPS) is 30.1. The molecule has 0 radical (unpaired) electrons. The lowest BCUT2D eigenvalue weighted by atomic mass is 9.83. The minimum atomic E-state index is -0.0976. The first-order valence-electron chi connectivity index (χ1n) is 6.53. The fourth-order valence-corrected chi connectivity index (χ4v) is 3.52. The van der Waals surface area contributed by atoms with Gasteiger partial charge in [0, 0.05) is 5.92 Å². The van der Waals surface area contributed by atoms with Crippen LogP contribution in [0.3, 0.4) is 0 Å². The summed E-state index contributed by atoms with van der Waals surface area (Å²) in [5.74, 6) is 1.45. The van der Waals surface area contributed by atoms with Gasteiger partial charge in [-0.1, -0.05) is 11.6 Å². The molecular formula is C15H18O3. The quantitative estimate of drug-likeness (QED) is 0.564. The van der Waals surface area contributed by atoms with Crippen LogP contribution in [0.4, 0.5) is 0 Å². The summed E-state index contributed by atoms with van der Waals surface area (Å²) in [4.78, 5) is 11.9. The molecule has 0 spiro atoms. The van der Waals surface area contributed by atoms with Gasteiger partial charge in [0.15, 0.2) is 0 Å². The van der Waals surface area contributed by atoms with Crippen molar-refractivity contribution < 1.29 is 13.9 Å². The van der Waals surface area contributed by atoms with Gasteiger partial charge in [0.1, 0.15) is 5.76 Å². The van der Waals surface area contributed by atoms with E-state index in [0.29, 0.717) is 5.92 Å². The summed E-state index contributed by atoms with van der Waals surface area (Å²) in [6, 6.07) is 2.02. The highest BCUT2D eigenvalue weighted by atomic mass is 16.5. The molecular weight excluding hydrogens is 228 g/mol. The van der Waals surface area contributed by atoms with E-state index in [4.69, 9.17) is 9.15 Å². The molecule has 3 atom stereocenters. The largest absolute Gasteiger partial charge is 0.469 e. The van der Waals surface area contributed by atoms with Gasteiger partial charge in [0.05, 0.1) is 19.3 Å². The maximum absolute atomic E-state index is 11.9. The molecule has 3 rings (SSSR count). The Balaban J connectivity index is 2.05. The van der Waals surface area contributed by atoms with Crippen LogP contribution in [-0.2, 0) is 16.0 Å². The Morgan fingerprint density at radius 3 is 3.06 bits per heavy atom. The maximum Gasteiger partial charge on any atom is 0.309 e. The maximum atomic E-state index is 11.9. The van der Waals surface area contributed by atoms with E-state index in [9.17, 15) is 4.79 Å². The zero-order valence-corrected chi connectivity index (χ0v) is 10.8. The first kappa shape index (κ1) is 11.6. The van der Waals surface area contributed by atoms with E-state index in [0.717, 1.165) is 25.0 Å². The molecule has 0 N–H and O–H groups in total. The second-order valence-corrected chi connectivity index (χ2v) is 5.30. The van der Waals surface area contributed by atoms with E-state index in [-0.39, 0.29) is 17.8 Å². The van der Waals surface area contributed by atoms with E-state index in [1.165, 1.54) is 18.2 Å². The third-order valence-corrected chi connectivity index (χ3v) is 4.47. The predicted octanol–water partition coefficient (Wildman–Crippen LogP) is 3.06. The lowest BCUT2D eigenvalue weighted by Gasteiger charge is -2.21. The van der Waals surface area contributed by atoms with Crippen LogP contribution < -0.4 is 0 Å². The van der Waals surface area contributed by atoms with Crippen molar-refractivity contribution in [3.8, 4) is 0 Å². The van der Waals surface area contributed by atoms with Crippen LogP contribution >= 0.6 is 0 Å². The molecule has 0 saturated heterocycles. The van der Waals surface area contributed by atoms with E-state index in [1.807, 2.05) is 6.07 Å². The Bertz CT molecular complexity index is 498. The smallest absolute Gasteiger partial charge is 0.309 e. The molecule has 0 aliphatic heterocycles. The summed E-state index contributed by atoms with van der Waals surface area (Å²) in [7, 11) is 1.47. The number of hydrogen-bond donors (Lipinski definition) is 0. The molecule has 1 aromatic rings. The molecule has 2 aliphatic carbocycles. The molecule has 1 aromatic heterocycles. The average molecular weight is 246 g/mol. The minimum absolute atomic E-state index is 0.0497.